The summed E-state index contributed by atoms with van der Waals surface area (Å²) in [6.45, 7) is 1.90. The van der Waals surface area contributed by atoms with Crippen molar-refractivity contribution in [3.05, 3.63) is 107 Å². The normalized spacial score (nSPS) is 15.8. The van der Waals surface area contributed by atoms with Crippen molar-refractivity contribution >= 4 is 23.3 Å². The summed E-state index contributed by atoms with van der Waals surface area (Å²) in [4.78, 5) is 28.6. The summed E-state index contributed by atoms with van der Waals surface area (Å²) in [5.74, 6) is -0.479. The van der Waals surface area contributed by atoms with Crippen LogP contribution in [0.4, 0.5) is 4.79 Å². The molecule has 0 aliphatic carbocycles. The van der Waals surface area contributed by atoms with E-state index in [-0.39, 0.29) is 12.6 Å². The maximum Gasteiger partial charge on any atom is 0.338 e. The van der Waals surface area contributed by atoms with Crippen molar-refractivity contribution in [2.45, 2.75) is 19.6 Å². The molecule has 7 nitrogen and oxygen atoms in total. The number of nitrogens with zero attached hydrogens (tertiary/aromatic N) is 3. The topological polar surface area (TPSA) is 76.5 Å². The SMILES string of the molecule is CC1=C(C(=O)OCc2ccccc2)C(c2cn(-c3ccccc3)nc2-c2cccs2)NC(=O)N1C. The lowest BCUT2D eigenvalue weighted by Gasteiger charge is -2.33. The number of thiophene rings is 1. The van der Waals surface area contributed by atoms with E-state index in [0.29, 0.717) is 17.0 Å². The fourth-order valence-electron chi connectivity index (χ4n) is 4.05. The standard InChI is InChI=1S/C27H24N4O3S/c1-18-23(26(32)34-17-19-10-5-3-6-11-19)25(28-27(33)30(18)2)21-16-31(20-12-7-4-8-13-20)29-24(21)22-14-9-15-35-22/h3-16,25H,17H2,1-2H3,(H,28,33). The molecular weight excluding hydrogens is 460 g/mol. The molecule has 2 aromatic carbocycles. The van der Waals surface area contributed by atoms with E-state index >= 15 is 0 Å². The lowest BCUT2D eigenvalue weighted by atomic mass is 9.95. The Morgan fingerprint density at radius 3 is 2.46 bits per heavy atom. The Morgan fingerprint density at radius 1 is 1.06 bits per heavy atom. The van der Waals surface area contributed by atoms with E-state index in [9.17, 15) is 9.59 Å². The number of carbonyl (C=O) groups excluding carboxylic acids is 2. The van der Waals surface area contributed by atoms with Crippen LogP contribution in [-0.2, 0) is 16.1 Å². The van der Waals surface area contributed by atoms with Gasteiger partial charge >= 0.3 is 12.0 Å². The Kier molecular flexibility index (Phi) is 6.20. The lowest BCUT2D eigenvalue weighted by Crippen LogP contribution is -2.46. The third-order valence-electron chi connectivity index (χ3n) is 6.02. The molecule has 0 saturated heterocycles. The number of ether oxygens (including phenoxy) is 1. The summed E-state index contributed by atoms with van der Waals surface area (Å²) >= 11 is 1.55. The lowest BCUT2D eigenvalue weighted by molar-refractivity contribution is -0.141. The van der Waals surface area contributed by atoms with E-state index in [1.165, 1.54) is 4.90 Å². The van der Waals surface area contributed by atoms with Gasteiger partial charge in [-0.15, -0.1) is 11.3 Å². The summed E-state index contributed by atoms with van der Waals surface area (Å²) in [7, 11) is 1.64. The summed E-state index contributed by atoms with van der Waals surface area (Å²) in [6.07, 6.45) is 1.87. The number of para-hydroxylation sites is 1. The summed E-state index contributed by atoms with van der Waals surface area (Å²) in [5.41, 5.74) is 4.13. The van der Waals surface area contributed by atoms with E-state index in [0.717, 1.165) is 21.7 Å². The van der Waals surface area contributed by atoms with Gasteiger partial charge in [0.05, 0.1) is 22.2 Å². The number of nitrogens with one attached hydrogen (secondary N) is 1. The van der Waals surface area contributed by atoms with Crippen molar-refractivity contribution in [3.63, 3.8) is 0 Å². The Labute approximate surface area is 207 Å². The zero-order valence-electron chi connectivity index (χ0n) is 19.3. The molecule has 0 saturated carbocycles. The highest BCUT2D eigenvalue weighted by atomic mass is 32.1. The summed E-state index contributed by atoms with van der Waals surface area (Å²) < 4.78 is 7.47. The number of amides is 2. The molecular formula is C27H24N4O3S. The number of benzene rings is 2. The van der Waals surface area contributed by atoms with Crippen LogP contribution in [0.1, 0.15) is 24.1 Å². The van der Waals surface area contributed by atoms with E-state index in [1.807, 2.05) is 84.4 Å². The van der Waals surface area contributed by atoms with Crippen LogP contribution in [0.15, 0.2) is 95.6 Å². The van der Waals surface area contributed by atoms with Gasteiger partial charge in [0.2, 0.25) is 0 Å². The minimum atomic E-state index is -0.712. The van der Waals surface area contributed by atoms with Gasteiger partial charge < -0.3 is 15.0 Å². The third-order valence-corrected chi connectivity index (χ3v) is 6.89. The molecule has 2 amide bonds. The number of hydrogen-bond donors (Lipinski definition) is 1. The molecule has 1 N–H and O–H groups in total. The van der Waals surface area contributed by atoms with Crippen molar-refractivity contribution in [2.24, 2.45) is 0 Å². The van der Waals surface area contributed by atoms with Gasteiger partial charge in [-0.05, 0) is 36.1 Å². The predicted octanol–water partition coefficient (Wildman–Crippen LogP) is 5.31. The van der Waals surface area contributed by atoms with Crippen LogP contribution in [-0.4, -0.2) is 33.7 Å². The monoisotopic (exact) mass is 484 g/mol. The van der Waals surface area contributed by atoms with E-state index in [4.69, 9.17) is 9.84 Å². The van der Waals surface area contributed by atoms with Gasteiger partial charge in [-0.2, -0.15) is 5.10 Å². The van der Waals surface area contributed by atoms with Crippen molar-refractivity contribution < 1.29 is 14.3 Å². The highest BCUT2D eigenvalue weighted by Gasteiger charge is 2.37. The van der Waals surface area contributed by atoms with Crippen LogP contribution in [0, 0.1) is 0 Å². The fourth-order valence-corrected chi connectivity index (χ4v) is 4.78. The Bertz CT molecular complexity index is 1380. The second-order valence-electron chi connectivity index (χ2n) is 8.19. The van der Waals surface area contributed by atoms with Crippen LogP contribution in [0.25, 0.3) is 16.3 Å². The molecule has 0 radical (unpaired) electrons. The zero-order chi connectivity index (χ0) is 24.4. The summed E-state index contributed by atoms with van der Waals surface area (Å²) in [5, 5.41) is 9.81. The van der Waals surface area contributed by atoms with Gasteiger partial charge in [0, 0.05) is 24.5 Å². The molecule has 35 heavy (non-hydrogen) atoms. The molecule has 5 rings (SSSR count). The minimum Gasteiger partial charge on any atom is -0.457 e. The zero-order valence-corrected chi connectivity index (χ0v) is 20.2. The van der Waals surface area contributed by atoms with E-state index < -0.39 is 12.0 Å². The number of urea groups is 1. The smallest absolute Gasteiger partial charge is 0.338 e. The van der Waals surface area contributed by atoms with Crippen molar-refractivity contribution in [1.29, 1.82) is 0 Å². The number of hydrogen-bond acceptors (Lipinski definition) is 5. The van der Waals surface area contributed by atoms with Crippen LogP contribution in [0.5, 0.6) is 0 Å². The van der Waals surface area contributed by atoms with Gasteiger partial charge in [-0.25, -0.2) is 14.3 Å². The highest BCUT2D eigenvalue weighted by Crippen LogP contribution is 2.37. The first-order valence-electron chi connectivity index (χ1n) is 11.2. The number of aromatic nitrogens is 2. The molecule has 0 spiro atoms. The van der Waals surface area contributed by atoms with Gasteiger partial charge in [-0.1, -0.05) is 54.6 Å². The molecule has 1 unspecified atom stereocenters. The van der Waals surface area contributed by atoms with E-state index in [2.05, 4.69) is 5.32 Å². The van der Waals surface area contributed by atoms with Crippen molar-refractivity contribution in [1.82, 2.24) is 20.0 Å². The van der Waals surface area contributed by atoms with Crippen molar-refractivity contribution in [2.75, 3.05) is 7.05 Å². The van der Waals surface area contributed by atoms with Gasteiger partial charge in [-0.3, -0.25) is 0 Å². The number of esters is 1. The first-order chi connectivity index (χ1) is 17.0. The Morgan fingerprint density at radius 2 is 1.77 bits per heavy atom. The van der Waals surface area contributed by atoms with Crippen LogP contribution < -0.4 is 5.32 Å². The van der Waals surface area contributed by atoms with Gasteiger partial charge in [0.15, 0.2) is 0 Å². The van der Waals surface area contributed by atoms with Crippen molar-refractivity contribution in [3.8, 4) is 16.3 Å². The number of allylic oxidation sites excluding steroid dienone is 1. The second-order valence-corrected chi connectivity index (χ2v) is 9.14. The molecule has 2 aromatic heterocycles. The first-order valence-corrected chi connectivity index (χ1v) is 12.1. The first kappa shape index (κ1) is 22.6. The molecule has 3 heterocycles. The predicted molar refractivity (Wildman–Crippen MR) is 135 cm³/mol. The quantitative estimate of drug-likeness (QED) is 0.376. The maximum absolute atomic E-state index is 13.4. The number of rotatable bonds is 6. The molecule has 1 aliphatic heterocycles. The molecule has 176 valence electrons. The molecule has 0 bridgehead atoms. The van der Waals surface area contributed by atoms with Gasteiger partial charge in [0.25, 0.3) is 0 Å². The largest absolute Gasteiger partial charge is 0.457 e. The molecule has 0 fully saturated rings. The fraction of sp³-hybridized carbons (Fsp3) is 0.148. The van der Waals surface area contributed by atoms with E-state index in [1.54, 1.807) is 30.0 Å². The highest BCUT2D eigenvalue weighted by molar-refractivity contribution is 7.13. The van der Waals surface area contributed by atoms with Gasteiger partial charge in [0.1, 0.15) is 12.3 Å². The molecule has 8 heteroatoms. The maximum atomic E-state index is 13.4. The average molecular weight is 485 g/mol. The molecule has 1 aliphatic rings. The molecule has 4 aromatic rings. The molecule has 1 atom stereocenters. The Hall–Kier alpha value is -4.17. The Balaban J connectivity index is 1.57. The average Bonchev–Trinajstić information content (AvgIpc) is 3.57. The second kappa shape index (κ2) is 9.60. The summed E-state index contributed by atoms with van der Waals surface area (Å²) in [6, 6.07) is 22.2. The van der Waals surface area contributed by atoms with Crippen LogP contribution in [0.2, 0.25) is 0 Å². The van der Waals surface area contributed by atoms with Crippen LogP contribution >= 0.6 is 11.3 Å². The number of carbonyl (C=O) groups is 2. The minimum absolute atomic E-state index is 0.141. The third kappa shape index (κ3) is 4.48. The van der Waals surface area contributed by atoms with Crippen LogP contribution in [0.3, 0.4) is 0 Å².